The number of nitrogens with zero attached hydrogens (tertiary/aromatic N) is 3. The van der Waals surface area contributed by atoms with Gasteiger partial charge in [-0.25, -0.2) is 9.89 Å². The lowest BCUT2D eigenvalue weighted by Gasteiger charge is -2.27. The number of amides is 3. The molecule has 11 heteroatoms. The molecule has 0 spiro atoms. The Morgan fingerprint density at radius 3 is 2.51 bits per heavy atom. The first kappa shape index (κ1) is 29.8. The van der Waals surface area contributed by atoms with Gasteiger partial charge in [-0.15, -0.1) is 0 Å². The van der Waals surface area contributed by atoms with Crippen molar-refractivity contribution in [2.75, 3.05) is 19.5 Å². The third kappa shape index (κ3) is 6.89. The van der Waals surface area contributed by atoms with Gasteiger partial charge in [-0.3, -0.25) is 19.4 Å². The van der Waals surface area contributed by atoms with Gasteiger partial charge in [0.2, 0.25) is 11.8 Å². The number of para-hydroxylation sites is 1. The largest absolute Gasteiger partial charge is 0.497 e. The van der Waals surface area contributed by atoms with Crippen molar-refractivity contribution < 1.29 is 23.9 Å². The number of rotatable bonds is 11. The molecule has 0 bridgehead atoms. The van der Waals surface area contributed by atoms with Gasteiger partial charge in [0.05, 0.1) is 25.2 Å². The van der Waals surface area contributed by atoms with Crippen LogP contribution >= 0.6 is 11.8 Å². The number of amidine groups is 2. The van der Waals surface area contributed by atoms with Crippen LogP contribution in [-0.2, 0) is 20.9 Å². The maximum Gasteiger partial charge on any atom is 0.259 e. The highest BCUT2D eigenvalue weighted by Crippen LogP contribution is 2.36. The Morgan fingerprint density at radius 2 is 1.77 bits per heavy atom. The van der Waals surface area contributed by atoms with E-state index in [4.69, 9.17) is 19.5 Å². The molecular formula is C32H33N5O5S. The fourth-order valence-electron chi connectivity index (χ4n) is 4.74. The predicted molar refractivity (Wildman–Crippen MR) is 168 cm³/mol. The van der Waals surface area contributed by atoms with Crippen molar-refractivity contribution in [3.63, 3.8) is 0 Å². The molecule has 0 saturated carbocycles. The average Bonchev–Trinajstić information content (AvgIpc) is 3.38. The number of hydrogen-bond acceptors (Lipinski definition) is 8. The standard InChI is InChI=1S/C32H33N5O5S/c1-4-27(30(39)34-21-8-7-9-23(18-21)42-3)43-32-36-25-11-6-5-10-24(25)29-35-26(31(40)37(29)32)16-17-28(38)33-19-20-12-14-22(41-2)15-13-20/h5-15,18,26-27H,4,16-17,19H2,1-3H3,(H,33,38)(H,34,39)/t26-,27-/m1/s1. The van der Waals surface area contributed by atoms with E-state index in [9.17, 15) is 14.4 Å². The predicted octanol–water partition coefficient (Wildman–Crippen LogP) is 4.91. The molecule has 2 aliphatic rings. The second-order valence-electron chi connectivity index (χ2n) is 9.95. The third-order valence-corrected chi connectivity index (χ3v) is 8.41. The molecule has 5 rings (SSSR count). The molecule has 2 N–H and O–H groups in total. The lowest BCUT2D eigenvalue weighted by atomic mass is 10.1. The summed E-state index contributed by atoms with van der Waals surface area (Å²) < 4.78 is 10.4. The van der Waals surface area contributed by atoms with Crippen LogP contribution in [0.3, 0.4) is 0 Å². The molecule has 222 valence electrons. The quantitative estimate of drug-likeness (QED) is 0.323. The first-order valence-corrected chi connectivity index (χ1v) is 14.9. The van der Waals surface area contributed by atoms with Gasteiger partial charge >= 0.3 is 0 Å². The van der Waals surface area contributed by atoms with E-state index < -0.39 is 11.3 Å². The summed E-state index contributed by atoms with van der Waals surface area (Å²) in [5.74, 6) is 1.23. The van der Waals surface area contributed by atoms with E-state index in [1.165, 1.54) is 16.7 Å². The number of nitrogens with one attached hydrogen (secondary N) is 2. The summed E-state index contributed by atoms with van der Waals surface area (Å²) in [5.41, 5.74) is 2.97. The van der Waals surface area contributed by atoms with E-state index in [0.29, 0.717) is 41.1 Å². The first-order chi connectivity index (χ1) is 20.9. The number of hydrogen-bond donors (Lipinski definition) is 2. The number of benzene rings is 3. The van der Waals surface area contributed by atoms with E-state index in [-0.39, 0.29) is 30.6 Å². The minimum absolute atomic E-state index is 0.138. The number of methoxy groups -OCH3 is 2. The summed E-state index contributed by atoms with van der Waals surface area (Å²) >= 11 is 1.22. The van der Waals surface area contributed by atoms with Crippen LogP contribution in [0.1, 0.15) is 37.3 Å². The highest BCUT2D eigenvalue weighted by molar-refractivity contribution is 8.15. The van der Waals surface area contributed by atoms with E-state index in [0.717, 1.165) is 16.9 Å². The van der Waals surface area contributed by atoms with E-state index in [2.05, 4.69) is 10.6 Å². The summed E-state index contributed by atoms with van der Waals surface area (Å²) in [6.07, 6.45) is 0.896. The first-order valence-electron chi connectivity index (χ1n) is 14.0. The van der Waals surface area contributed by atoms with Gasteiger partial charge in [-0.1, -0.05) is 49.0 Å². The van der Waals surface area contributed by atoms with Crippen molar-refractivity contribution in [3.05, 3.63) is 83.9 Å². The number of aliphatic imine (C=N–C) groups is 2. The molecule has 10 nitrogen and oxygen atoms in total. The molecule has 3 aromatic carbocycles. The van der Waals surface area contributed by atoms with E-state index in [1.54, 1.807) is 38.5 Å². The van der Waals surface area contributed by atoms with Crippen LogP contribution in [-0.4, -0.2) is 59.1 Å². The Hall–Kier alpha value is -4.64. The normalized spacial score (nSPS) is 15.9. The molecule has 0 unspecified atom stereocenters. The molecule has 0 radical (unpaired) electrons. The topological polar surface area (TPSA) is 122 Å². The van der Waals surface area contributed by atoms with Gasteiger partial charge in [0, 0.05) is 30.3 Å². The Balaban J connectivity index is 1.27. The molecule has 2 atom stereocenters. The average molecular weight is 600 g/mol. The molecule has 43 heavy (non-hydrogen) atoms. The number of carbonyl (C=O) groups excluding carboxylic acids is 3. The number of fused-ring (bicyclic) bond motifs is 3. The van der Waals surface area contributed by atoms with Crippen molar-refractivity contribution in [2.24, 2.45) is 9.98 Å². The molecular weight excluding hydrogens is 566 g/mol. The Bertz CT molecular complexity index is 1570. The molecule has 0 saturated heterocycles. The lowest BCUT2D eigenvalue weighted by Crippen LogP contribution is -2.42. The van der Waals surface area contributed by atoms with E-state index >= 15 is 0 Å². The van der Waals surface area contributed by atoms with Crippen LogP contribution < -0.4 is 20.1 Å². The third-order valence-electron chi connectivity index (χ3n) is 7.09. The summed E-state index contributed by atoms with van der Waals surface area (Å²) in [5, 5.41) is 5.71. The number of carbonyl (C=O) groups is 3. The van der Waals surface area contributed by atoms with Gasteiger partial charge in [0.15, 0.2) is 5.17 Å². The fraction of sp³-hybridized carbons (Fsp3) is 0.281. The zero-order valence-electron chi connectivity index (χ0n) is 24.2. The minimum atomic E-state index is -0.732. The maximum atomic E-state index is 13.7. The zero-order valence-corrected chi connectivity index (χ0v) is 25.0. The van der Waals surface area contributed by atoms with Crippen LogP contribution in [0.15, 0.2) is 82.8 Å². The second kappa shape index (κ2) is 13.6. The van der Waals surface area contributed by atoms with Gasteiger partial charge in [0.25, 0.3) is 5.91 Å². The molecule has 3 aromatic rings. The Labute approximate surface area is 254 Å². The van der Waals surface area contributed by atoms with Gasteiger partial charge in [-0.05, 0) is 54.8 Å². The summed E-state index contributed by atoms with van der Waals surface area (Å²) in [4.78, 5) is 50.6. The highest BCUT2D eigenvalue weighted by atomic mass is 32.2. The monoisotopic (exact) mass is 599 g/mol. The zero-order chi connectivity index (χ0) is 30.3. The molecule has 0 aromatic heterocycles. The SMILES string of the molecule is CC[C@@H](SC1=Nc2ccccc2C2=N[C@H](CCC(=O)NCc3ccc(OC)cc3)C(=O)N12)C(=O)Nc1cccc(OC)c1. The number of anilines is 1. The maximum absolute atomic E-state index is 13.7. The number of thioether (sulfide) groups is 1. The Kier molecular flexibility index (Phi) is 9.41. The Morgan fingerprint density at radius 1 is 1.00 bits per heavy atom. The van der Waals surface area contributed by atoms with Crippen molar-refractivity contribution in [3.8, 4) is 11.5 Å². The van der Waals surface area contributed by atoms with Gasteiger partial charge in [-0.2, -0.15) is 0 Å². The highest BCUT2D eigenvalue weighted by Gasteiger charge is 2.42. The van der Waals surface area contributed by atoms with Crippen molar-refractivity contribution in [1.82, 2.24) is 10.2 Å². The fourth-order valence-corrected chi connectivity index (χ4v) is 5.76. The smallest absolute Gasteiger partial charge is 0.259 e. The van der Waals surface area contributed by atoms with Crippen molar-refractivity contribution in [1.29, 1.82) is 0 Å². The molecule has 2 aliphatic heterocycles. The minimum Gasteiger partial charge on any atom is -0.497 e. The van der Waals surface area contributed by atoms with Crippen LogP contribution in [0, 0.1) is 0 Å². The van der Waals surface area contributed by atoms with E-state index in [1.807, 2.05) is 55.5 Å². The second-order valence-corrected chi connectivity index (χ2v) is 11.1. The van der Waals surface area contributed by atoms with Crippen molar-refractivity contribution >= 4 is 51.9 Å². The van der Waals surface area contributed by atoms with Gasteiger partial charge < -0.3 is 20.1 Å². The van der Waals surface area contributed by atoms with Crippen LogP contribution in [0.2, 0.25) is 0 Å². The lowest BCUT2D eigenvalue weighted by molar-refractivity contribution is -0.125. The summed E-state index contributed by atoms with van der Waals surface area (Å²) in [6, 6.07) is 21.3. The van der Waals surface area contributed by atoms with Crippen LogP contribution in [0.4, 0.5) is 11.4 Å². The summed E-state index contributed by atoms with van der Waals surface area (Å²) in [7, 11) is 3.17. The van der Waals surface area contributed by atoms with Crippen LogP contribution in [0.5, 0.6) is 11.5 Å². The molecule has 0 aliphatic carbocycles. The molecule has 3 amide bonds. The molecule has 2 heterocycles. The molecule has 0 fully saturated rings. The van der Waals surface area contributed by atoms with Crippen LogP contribution in [0.25, 0.3) is 0 Å². The van der Waals surface area contributed by atoms with Crippen molar-refractivity contribution in [2.45, 2.75) is 44.0 Å². The summed E-state index contributed by atoms with van der Waals surface area (Å²) in [6.45, 7) is 2.29. The van der Waals surface area contributed by atoms with Gasteiger partial charge in [0.1, 0.15) is 23.4 Å². The number of ether oxygens (including phenoxy) is 2.